The van der Waals surface area contributed by atoms with Crippen molar-refractivity contribution in [2.45, 2.75) is 45.6 Å². The number of hydrogen-bond donors (Lipinski definition) is 2. The Morgan fingerprint density at radius 1 is 1.14 bits per heavy atom. The molecular weight excluding hydrogens is 410 g/mol. The fourth-order valence-electron chi connectivity index (χ4n) is 4.09. The van der Waals surface area contributed by atoms with Crippen LogP contribution < -0.4 is 5.32 Å². The Morgan fingerprint density at radius 3 is 2.68 bits per heavy atom. The van der Waals surface area contributed by atoms with Gasteiger partial charge < -0.3 is 10.3 Å². The number of H-pyrrole nitrogens is 1. The van der Waals surface area contributed by atoms with Gasteiger partial charge in [-0.2, -0.15) is 0 Å². The zero-order chi connectivity index (χ0) is 19.8. The molecule has 0 aliphatic heterocycles. The van der Waals surface area contributed by atoms with Gasteiger partial charge in [-0.15, -0.1) is 0 Å². The highest BCUT2D eigenvalue weighted by atomic mass is 79.9. The van der Waals surface area contributed by atoms with E-state index in [0.717, 1.165) is 41.8 Å². The van der Waals surface area contributed by atoms with Crippen molar-refractivity contribution in [3.63, 3.8) is 0 Å². The molecule has 28 heavy (non-hydrogen) atoms. The van der Waals surface area contributed by atoms with Gasteiger partial charge in [0.2, 0.25) is 0 Å². The molecule has 0 amide bonds. The highest BCUT2D eigenvalue weighted by Gasteiger charge is 2.40. The molecule has 2 N–H and O–H groups in total. The maximum absolute atomic E-state index is 4.73. The summed E-state index contributed by atoms with van der Waals surface area (Å²) >= 11 is 3.63. The van der Waals surface area contributed by atoms with Crippen LogP contribution in [0.1, 0.15) is 44.1 Å². The first-order valence-electron chi connectivity index (χ1n) is 9.98. The molecule has 0 unspecified atom stereocenters. The van der Waals surface area contributed by atoms with E-state index >= 15 is 0 Å². The number of nitrogens with zero attached hydrogens (tertiary/aromatic N) is 1. The summed E-state index contributed by atoms with van der Waals surface area (Å²) in [4.78, 5) is 8.29. The minimum absolute atomic E-state index is 0.0743. The Kier molecular flexibility index (Phi) is 5.19. The molecule has 4 rings (SSSR count). The van der Waals surface area contributed by atoms with Gasteiger partial charge in [0.15, 0.2) is 0 Å². The average Bonchev–Trinajstić information content (AvgIpc) is 3.26. The van der Waals surface area contributed by atoms with Gasteiger partial charge in [-0.25, -0.2) is 4.98 Å². The molecule has 2 aromatic carbocycles. The van der Waals surface area contributed by atoms with Crippen molar-refractivity contribution in [2.75, 3.05) is 6.54 Å². The standard InChI is InChI=1S/C24H28BrN3/c1-23(2,3)16-27-24(12-11-18-13-19(25)9-10-20(18)24)14-22-26-15-21(28-22)17-7-5-4-6-8-17/h4-10,13,15,27H,11-12,14,16H2,1-3H3,(H,26,28)/t24-/m0/s1. The van der Waals surface area contributed by atoms with Crippen molar-refractivity contribution >= 4 is 15.9 Å². The molecule has 1 aromatic heterocycles. The van der Waals surface area contributed by atoms with E-state index in [0.29, 0.717) is 0 Å². The van der Waals surface area contributed by atoms with E-state index in [9.17, 15) is 0 Å². The van der Waals surface area contributed by atoms with Gasteiger partial charge in [0, 0.05) is 17.4 Å². The zero-order valence-electron chi connectivity index (χ0n) is 16.8. The van der Waals surface area contributed by atoms with E-state index in [4.69, 9.17) is 4.98 Å². The molecule has 4 heteroatoms. The van der Waals surface area contributed by atoms with Gasteiger partial charge in [-0.1, -0.05) is 73.1 Å². The summed E-state index contributed by atoms with van der Waals surface area (Å²) < 4.78 is 1.15. The lowest BCUT2D eigenvalue weighted by Gasteiger charge is -2.34. The van der Waals surface area contributed by atoms with Crippen molar-refractivity contribution < 1.29 is 0 Å². The highest BCUT2D eigenvalue weighted by molar-refractivity contribution is 9.10. The molecule has 1 heterocycles. The van der Waals surface area contributed by atoms with E-state index in [2.05, 4.69) is 89.5 Å². The fraction of sp³-hybridized carbons (Fsp3) is 0.375. The van der Waals surface area contributed by atoms with E-state index in [1.165, 1.54) is 16.7 Å². The van der Waals surface area contributed by atoms with Gasteiger partial charge in [-0.3, -0.25) is 0 Å². The molecule has 0 bridgehead atoms. The summed E-state index contributed by atoms with van der Waals surface area (Å²) in [5, 5.41) is 3.93. The third-order valence-electron chi connectivity index (χ3n) is 5.54. The van der Waals surface area contributed by atoms with Crippen LogP contribution in [0.4, 0.5) is 0 Å². The van der Waals surface area contributed by atoms with Gasteiger partial charge >= 0.3 is 0 Å². The Bertz CT molecular complexity index is 955. The Labute approximate surface area is 176 Å². The monoisotopic (exact) mass is 437 g/mol. The number of fused-ring (bicyclic) bond motifs is 1. The number of hydrogen-bond acceptors (Lipinski definition) is 2. The zero-order valence-corrected chi connectivity index (χ0v) is 18.4. The van der Waals surface area contributed by atoms with Crippen LogP contribution in [-0.2, 0) is 18.4 Å². The molecule has 0 fully saturated rings. The van der Waals surface area contributed by atoms with E-state index < -0.39 is 0 Å². The molecule has 146 valence electrons. The number of imidazole rings is 1. The lowest BCUT2D eigenvalue weighted by Crippen LogP contribution is -2.46. The molecule has 1 aliphatic rings. The Morgan fingerprint density at radius 2 is 1.93 bits per heavy atom. The van der Waals surface area contributed by atoms with Crippen molar-refractivity contribution in [2.24, 2.45) is 5.41 Å². The van der Waals surface area contributed by atoms with Crippen LogP contribution in [0, 0.1) is 5.41 Å². The number of nitrogens with one attached hydrogen (secondary N) is 2. The van der Waals surface area contributed by atoms with Crippen molar-refractivity contribution in [1.29, 1.82) is 0 Å². The summed E-state index contributed by atoms with van der Waals surface area (Å²) in [5.74, 6) is 1.04. The summed E-state index contributed by atoms with van der Waals surface area (Å²) in [6, 6.07) is 17.1. The summed E-state index contributed by atoms with van der Waals surface area (Å²) in [6.45, 7) is 7.82. The number of benzene rings is 2. The molecule has 0 saturated carbocycles. The summed E-state index contributed by atoms with van der Waals surface area (Å²) in [7, 11) is 0. The second kappa shape index (κ2) is 7.49. The second-order valence-electron chi connectivity index (χ2n) is 9.08. The van der Waals surface area contributed by atoms with Gasteiger partial charge in [0.25, 0.3) is 0 Å². The van der Waals surface area contributed by atoms with Crippen LogP contribution in [0.25, 0.3) is 11.3 Å². The molecule has 0 radical (unpaired) electrons. The van der Waals surface area contributed by atoms with Crippen molar-refractivity contribution in [1.82, 2.24) is 15.3 Å². The van der Waals surface area contributed by atoms with Crippen LogP contribution in [0.5, 0.6) is 0 Å². The number of aryl methyl sites for hydroxylation is 1. The quantitative estimate of drug-likeness (QED) is 0.524. The summed E-state index contributed by atoms with van der Waals surface area (Å²) in [5.41, 5.74) is 5.26. The smallest absolute Gasteiger partial charge is 0.108 e. The second-order valence-corrected chi connectivity index (χ2v) is 10.00. The van der Waals surface area contributed by atoms with E-state index in [1.54, 1.807) is 0 Å². The maximum Gasteiger partial charge on any atom is 0.108 e. The van der Waals surface area contributed by atoms with Crippen molar-refractivity contribution in [3.8, 4) is 11.3 Å². The van der Waals surface area contributed by atoms with Crippen LogP contribution in [-0.4, -0.2) is 16.5 Å². The summed E-state index contributed by atoms with van der Waals surface area (Å²) in [6.07, 6.45) is 5.01. The first-order chi connectivity index (χ1) is 13.3. The predicted molar refractivity (Wildman–Crippen MR) is 119 cm³/mol. The minimum Gasteiger partial charge on any atom is -0.342 e. The van der Waals surface area contributed by atoms with E-state index in [1.807, 2.05) is 12.3 Å². The SMILES string of the molecule is CC(C)(C)CN[C@]1(Cc2ncc(-c3ccccc3)[nH]2)CCc2cc(Br)ccc21. The molecule has 0 spiro atoms. The van der Waals surface area contributed by atoms with Crippen LogP contribution in [0.15, 0.2) is 59.2 Å². The lowest BCUT2D eigenvalue weighted by atomic mass is 9.85. The van der Waals surface area contributed by atoms with Gasteiger partial charge in [0.05, 0.1) is 17.4 Å². The Hall–Kier alpha value is -1.91. The third kappa shape index (κ3) is 4.08. The van der Waals surface area contributed by atoms with Gasteiger partial charge in [-0.05, 0) is 47.1 Å². The van der Waals surface area contributed by atoms with E-state index in [-0.39, 0.29) is 11.0 Å². The lowest BCUT2D eigenvalue weighted by molar-refractivity contribution is 0.262. The topological polar surface area (TPSA) is 40.7 Å². The van der Waals surface area contributed by atoms with Crippen LogP contribution in [0.2, 0.25) is 0 Å². The third-order valence-corrected chi connectivity index (χ3v) is 6.04. The molecular formula is C24H28BrN3. The maximum atomic E-state index is 4.73. The fourth-order valence-corrected chi connectivity index (χ4v) is 4.49. The predicted octanol–water partition coefficient (Wildman–Crippen LogP) is 5.86. The molecule has 1 atom stereocenters. The number of halogens is 1. The first kappa shape index (κ1) is 19.4. The van der Waals surface area contributed by atoms with Crippen molar-refractivity contribution in [3.05, 3.63) is 76.2 Å². The normalized spacial score (nSPS) is 19.0. The first-order valence-corrected chi connectivity index (χ1v) is 10.8. The Balaban J connectivity index is 1.66. The number of rotatable bonds is 5. The van der Waals surface area contributed by atoms with Gasteiger partial charge in [0.1, 0.15) is 5.82 Å². The molecule has 3 nitrogen and oxygen atoms in total. The molecule has 0 saturated heterocycles. The largest absolute Gasteiger partial charge is 0.342 e. The molecule has 3 aromatic rings. The highest BCUT2D eigenvalue weighted by Crippen LogP contribution is 2.41. The minimum atomic E-state index is -0.0743. The number of aromatic amines is 1. The average molecular weight is 438 g/mol. The van der Waals surface area contributed by atoms with Crippen LogP contribution in [0.3, 0.4) is 0 Å². The number of aromatic nitrogens is 2. The molecule has 1 aliphatic carbocycles. The van der Waals surface area contributed by atoms with Crippen LogP contribution >= 0.6 is 15.9 Å².